The van der Waals surface area contributed by atoms with E-state index in [1.165, 1.54) is 40.0 Å². The normalized spacial score (nSPS) is 24.6. The highest BCUT2D eigenvalue weighted by Gasteiger charge is 2.54. The number of allylic oxidation sites excluding steroid dienone is 2. The maximum atomic E-state index is 2.64. The summed E-state index contributed by atoms with van der Waals surface area (Å²) < 4.78 is 0. The Labute approximate surface area is 219 Å². The van der Waals surface area contributed by atoms with E-state index in [9.17, 15) is 0 Å². The van der Waals surface area contributed by atoms with Crippen molar-refractivity contribution in [2.45, 2.75) is 13.3 Å². The van der Waals surface area contributed by atoms with Crippen molar-refractivity contribution in [1.82, 2.24) is 0 Å². The summed E-state index contributed by atoms with van der Waals surface area (Å²) in [7, 11) is -0.801. The molecule has 4 aromatic rings. The molecule has 4 aromatic carbocycles. The molecule has 1 saturated carbocycles. The standard InChI is InChI=1S/C34H34P2/c1-34(26-36(31-18-10-4-11-19-31)32-20-12-5-13-21-32)28-23-22-27(24-28)33(34)25-35(29-14-6-2-7-15-29)30-16-8-3-9-17-30/h2-23,27-28,33H,24-26H2,1H3/t27-,28-,33?,34?/m0/s1. The van der Waals surface area contributed by atoms with Gasteiger partial charge < -0.3 is 0 Å². The Morgan fingerprint density at radius 3 is 1.44 bits per heavy atom. The third-order valence-electron chi connectivity index (χ3n) is 8.48. The Bertz CT molecular complexity index is 1210. The van der Waals surface area contributed by atoms with Gasteiger partial charge in [0.05, 0.1) is 0 Å². The topological polar surface area (TPSA) is 0 Å². The van der Waals surface area contributed by atoms with E-state index >= 15 is 0 Å². The van der Waals surface area contributed by atoms with Crippen LogP contribution in [0.5, 0.6) is 0 Å². The number of hydrogen-bond acceptors (Lipinski definition) is 0. The smallest absolute Gasteiger partial charge is 0.0167 e. The van der Waals surface area contributed by atoms with Crippen LogP contribution in [0.25, 0.3) is 0 Å². The van der Waals surface area contributed by atoms with E-state index in [-0.39, 0.29) is 0 Å². The summed E-state index contributed by atoms with van der Waals surface area (Å²) in [4.78, 5) is 0. The van der Waals surface area contributed by atoms with Crippen molar-refractivity contribution < 1.29 is 0 Å². The fraction of sp³-hybridized carbons (Fsp3) is 0.235. The third kappa shape index (κ3) is 4.63. The summed E-state index contributed by atoms with van der Waals surface area (Å²) in [6, 6.07) is 45.3. The van der Waals surface area contributed by atoms with Crippen LogP contribution in [0.3, 0.4) is 0 Å². The average molecular weight is 505 g/mol. The van der Waals surface area contributed by atoms with E-state index in [1.807, 2.05) is 0 Å². The number of rotatable bonds is 8. The molecule has 0 heterocycles. The predicted molar refractivity (Wildman–Crippen MR) is 160 cm³/mol. The first-order chi connectivity index (χ1) is 17.7. The molecule has 2 aliphatic rings. The Kier molecular flexibility index (Phi) is 6.93. The number of benzene rings is 4. The van der Waals surface area contributed by atoms with Crippen molar-refractivity contribution >= 4 is 37.1 Å². The minimum atomic E-state index is -0.409. The molecule has 2 unspecified atom stereocenters. The molecule has 36 heavy (non-hydrogen) atoms. The van der Waals surface area contributed by atoms with E-state index in [0.717, 1.165) is 0 Å². The SMILES string of the molecule is CC1(CP(c2ccccc2)c2ccccc2)C(CP(c2ccccc2)c2ccccc2)[C@H]2C=C[C@H]1C2. The summed E-state index contributed by atoms with van der Waals surface area (Å²) in [5, 5.41) is 6.06. The lowest BCUT2D eigenvalue weighted by molar-refractivity contribution is 0.219. The van der Waals surface area contributed by atoms with Crippen LogP contribution in [0.1, 0.15) is 13.3 Å². The molecule has 180 valence electrons. The lowest BCUT2D eigenvalue weighted by Gasteiger charge is -2.43. The first-order valence-corrected chi connectivity index (χ1v) is 16.2. The van der Waals surface area contributed by atoms with E-state index < -0.39 is 15.8 Å². The van der Waals surface area contributed by atoms with Gasteiger partial charge in [-0.05, 0) is 79.0 Å². The molecule has 0 saturated heterocycles. The van der Waals surface area contributed by atoms with Gasteiger partial charge in [0, 0.05) is 0 Å². The highest BCUT2D eigenvalue weighted by Crippen LogP contribution is 2.62. The van der Waals surface area contributed by atoms with Gasteiger partial charge in [-0.15, -0.1) is 0 Å². The van der Waals surface area contributed by atoms with Crippen LogP contribution in [0.4, 0.5) is 0 Å². The van der Waals surface area contributed by atoms with Crippen LogP contribution in [-0.4, -0.2) is 12.3 Å². The second-order valence-electron chi connectivity index (χ2n) is 10.5. The van der Waals surface area contributed by atoms with Crippen molar-refractivity contribution in [1.29, 1.82) is 0 Å². The maximum absolute atomic E-state index is 2.64. The fourth-order valence-corrected chi connectivity index (χ4v) is 12.3. The van der Waals surface area contributed by atoms with Gasteiger partial charge in [0.15, 0.2) is 0 Å². The highest BCUT2D eigenvalue weighted by atomic mass is 31.1. The van der Waals surface area contributed by atoms with Gasteiger partial charge in [0.25, 0.3) is 0 Å². The Morgan fingerprint density at radius 1 is 0.583 bits per heavy atom. The molecule has 0 aliphatic heterocycles. The van der Waals surface area contributed by atoms with E-state index in [2.05, 4.69) is 140 Å². The zero-order valence-electron chi connectivity index (χ0n) is 20.9. The lowest BCUT2D eigenvalue weighted by atomic mass is 9.72. The zero-order valence-corrected chi connectivity index (χ0v) is 22.7. The van der Waals surface area contributed by atoms with Gasteiger partial charge in [0.1, 0.15) is 0 Å². The zero-order chi connectivity index (χ0) is 24.4. The van der Waals surface area contributed by atoms with E-state index in [0.29, 0.717) is 23.2 Å². The minimum absolute atomic E-state index is 0.306. The second-order valence-corrected chi connectivity index (χ2v) is 15.0. The van der Waals surface area contributed by atoms with Crippen molar-refractivity contribution in [3.63, 3.8) is 0 Å². The molecular formula is C34H34P2. The molecule has 2 bridgehead atoms. The van der Waals surface area contributed by atoms with Gasteiger partial charge >= 0.3 is 0 Å². The Hall–Kier alpha value is -2.52. The van der Waals surface area contributed by atoms with Crippen molar-refractivity contribution in [3.8, 4) is 0 Å². The average Bonchev–Trinajstić information content (AvgIpc) is 3.53. The van der Waals surface area contributed by atoms with Gasteiger partial charge in [-0.1, -0.05) is 140 Å². The molecule has 6 rings (SSSR count). The largest absolute Gasteiger partial charge is 0.0848 e. The van der Waals surface area contributed by atoms with Crippen LogP contribution in [0, 0.1) is 23.2 Å². The molecule has 2 aliphatic carbocycles. The summed E-state index contributed by atoms with van der Waals surface area (Å²) in [5.41, 5.74) is 0.306. The summed E-state index contributed by atoms with van der Waals surface area (Å²) >= 11 is 0. The van der Waals surface area contributed by atoms with Crippen molar-refractivity contribution in [3.05, 3.63) is 133 Å². The van der Waals surface area contributed by atoms with E-state index in [1.54, 1.807) is 0 Å². The first kappa shape index (κ1) is 23.9. The summed E-state index contributed by atoms with van der Waals surface area (Å²) in [6.07, 6.45) is 9.00. The Balaban J connectivity index is 1.37. The number of hydrogen-bond donors (Lipinski definition) is 0. The van der Waals surface area contributed by atoms with Crippen LogP contribution >= 0.6 is 15.8 Å². The lowest BCUT2D eigenvalue weighted by Crippen LogP contribution is -2.39. The first-order valence-electron chi connectivity index (χ1n) is 13.2. The van der Waals surface area contributed by atoms with Crippen molar-refractivity contribution in [2.24, 2.45) is 23.2 Å². The van der Waals surface area contributed by atoms with Crippen LogP contribution < -0.4 is 21.2 Å². The van der Waals surface area contributed by atoms with Gasteiger partial charge in [-0.25, -0.2) is 0 Å². The van der Waals surface area contributed by atoms with Crippen LogP contribution in [-0.2, 0) is 0 Å². The number of fused-ring (bicyclic) bond motifs is 2. The van der Waals surface area contributed by atoms with Crippen LogP contribution in [0.2, 0.25) is 0 Å². The summed E-state index contributed by atoms with van der Waals surface area (Å²) in [6.45, 7) is 2.64. The molecule has 4 atom stereocenters. The molecule has 0 spiro atoms. The Morgan fingerprint density at radius 2 is 1.00 bits per heavy atom. The molecule has 0 radical (unpaired) electrons. The third-order valence-corrected chi connectivity index (χ3v) is 13.9. The van der Waals surface area contributed by atoms with Gasteiger partial charge in [0.2, 0.25) is 0 Å². The maximum Gasteiger partial charge on any atom is -0.0167 e. The monoisotopic (exact) mass is 504 g/mol. The second kappa shape index (κ2) is 10.5. The molecular weight excluding hydrogens is 470 g/mol. The molecule has 2 heteroatoms. The molecule has 1 fully saturated rings. The van der Waals surface area contributed by atoms with Gasteiger partial charge in [-0.3, -0.25) is 0 Å². The molecule has 0 aromatic heterocycles. The fourth-order valence-electron chi connectivity index (χ4n) is 6.52. The molecule has 0 amide bonds. The van der Waals surface area contributed by atoms with Gasteiger partial charge in [-0.2, -0.15) is 0 Å². The summed E-state index contributed by atoms with van der Waals surface area (Å²) in [5.74, 6) is 2.10. The quantitative estimate of drug-likeness (QED) is 0.178. The van der Waals surface area contributed by atoms with Crippen molar-refractivity contribution in [2.75, 3.05) is 12.3 Å². The molecule has 0 nitrogen and oxygen atoms in total. The predicted octanol–water partition coefficient (Wildman–Crippen LogP) is 7.08. The minimum Gasteiger partial charge on any atom is -0.0848 e. The van der Waals surface area contributed by atoms with E-state index in [4.69, 9.17) is 0 Å². The van der Waals surface area contributed by atoms with Crippen LogP contribution in [0.15, 0.2) is 133 Å². The highest BCUT2D eigenvalue weighted by molar-refractivity contribution is 7.73. The molecule has 0 N–H and O–H groups in total.